The van der Waals surface area contributed by atoms with Crippen molar-refractivity contribution in [2.45, 2.75) is 23.4 Å². The van der Waals surface area contributed by atoms with Crippen molar-refractivity contribution in [3.63, 3.8) is 0 Å². The van der Waals surface area contributed by atoms with Crippen molar-refractivity contribution in [2.75, 3.05) is 25.2 Å². The standard InChI is InChI=1S/C24H24N2O4S2/c1-3-30-23(27)22-19-13-26(17-9-11-18(29-2)12-10-17)14-20(25-28)21(19)24(32-22)31-15-16-7-5-4-6-8-16/h4-12,28H,3,13-15H2,1-2H3. The second-order valence-electron chi connectivity index (χ2n) is 7.17. The van der Waals surface area contributed by atoms with Crippen molar-refractivity contribution in [1.82, 2.24) is 0 Å². The molecule has 6 nitrogen and oxygen atoms in total. The number of hydrogen-bond acceptors (Lipinski definition) is 8. The van der Waals surface area contributed by atoms with Crippen molar-refractivity contribution in [3.05, 3.63) is 76.2 Å². The Morgan fingerprint density at radius 2 is 1.91 bits per heavy atom. The Kier molecular flexibility index (Phi) is 7.02. The Hall–Kier alpha value is -2.97. The highest BCUT2D eigenvalue weighted by molar-refractivity contribution is 8.00. The number of benzene rings is 2. The lowest BCUT2D eigenvalue weighted by Crippen LogP contribution is -2.36. The molecule has 0 spiro atoms. The molecule has 3 aromatic rings. The molecule has 2 aromatic carbocycles. The van der Waals surface area contributed by atoms with E-state index >= 15 is 0 Å². The van der Waals surface area contributed by atoms with Crippen molar-refractivity contribution < 1.29 is 19.5 Å². The Morgan fingerprint density at radius 1 is 1.16 bits per heavy atom. The number of ether oxygens (including phenoxy) is 2. The molecule has 0 amide bonds. The molecule has 4 rings (SSSR count). The molecule has 1 aliphatic heterocycles. The lowest BCUT2D eigenvalue weighted by Gasteiger charge is -2.30. The zero-order valence-electron chi connectivity index (χ0n) is 17.9. The van der Waals surface area contributed by atoms with E-state index in [1.165, 1.54) is 16.9 Å². The highest BCUT2D eigenvalue weighted by Crippen LogP contribution is 2.42. The van der Waals surface area contributed by atoms with Crippen LogP contribution < -0.4 is 9.64 Å². The summed E-state index contributed by atoms with van der Waals surface area (Å²) in [5.41, 5.74) is 4.39. The topological polar surface area (TPSA) is 71.4 Å². The fourth-order valence-corrected chi connectivity index (χ4v) is 6.13. The van der Waals surface area contributed by atoms with Gasteiger partial charge in [0, 0.05) is 29.1 Å². The van der Waals surface area contributed by atoms with Crippen LogP contribution in [0.4, 0.5) is 5.69 Å². The number of hydrogen-bond donors (Lipinski definition) is 1. The maximum absolute atomic E-state index is 12.8. The first kappa shape index (κ1) is 22.2. The minimum atomic E-state index is -0.339. The van der Waals surface area contributed by atoms with Crippen LogP contribution >= 0.6 is 23.1 Å². The summed E-state index contributed by atoms with van der Waals surface area (Å²) >= 11 is 3.06. The van der Waals surface area contributed by atoms with Crippen LogP contribution in [-0.2, 0) is 17.0 Å². The van der Waals surface area contributed by atoms with Gasteiger partial charge in [0.05, 0.1) is 24.5 Å². The van der Waals surface area contributed by atoms with Gasteiger partial charge < -0.3 is 19.6 Å². The van der Waals surface area contributed by atoms with Crippen molar-refractivity contribution in [1.29, 1.82) is 0 Å². The van der Waals surface area contributed by atoms with Gasteiger partial charge in [0.25, 0.3) is 0 Å². The van der Waals surface area contributed by atoms with E-state index in [1.807, 2.05) is 42.5 Å². The van der Waals surface area contributed by atoms with Crippen LogP contribution in [0.3, 0.4) is 0 Å². The minimum Gasteiger partial charge on any atom is -0.497 e. The second kappa shape index (κ2) is 10.1. The highest BCUT2D eigenvalue weighted by Gasteiger charge is 2.33. The average molecular weight is 469 g/mol. The summed E-state index contributed by atoms with van der Waals surface area (Å²) in [6, 6.07) is 17.9. The largest absolute Gasteiger partial charge is 0.497 e. The van der Waals surface area contributed by atoms with Crippen LogP contribution in [0.5, 0.6) is 5.75 Å². The molecule has 166 valence electrons. The molecule has 0 fully saturated rings. The normalized spacial score (nSPS) is 14.3. The van der Waals surface area contributed by atoms with E-state index in [0.29, 0.717) is 30.3 Å². The van der Waals surface area contributed by atoms with E-state index in [1.54, 1.807) is 25.8 Å². The van der Waals surface area contributed by atoms with Crippen molar-refractivity contribution in [3.8, 4) is 5.75 Å². The molecule has 0 atom stereocenters. The Labute approximate surface area is 195 Å². The van der Waals surface area contributed by atoms with Crippen LogP contribution in [0.1, 0.15) is 33.3 Å². The van der Waals surface area contributed by atoms with Gasteiger partial charge in [-0.15, -0.1) is 23.1 Å². The fraction of sp³-hybridized carbons (Fsp3) is 0.250. The summed E-state index contributed by atoms with van der Waals surface area (Å²) in [5, 5.41) is 13.5. The van der Waals surface area contributed by atoms with E-state index in [-0.39, 0.29) is 5.97 Å². The lowest BCUT2D eigenvalue weighted by molar-refractivity contribution is 0.0531. The third-order valence-electron chi connectivity index (χ3n) is 5.18. The van der Waals surface area contributed by atoms with Gasteiger partial charge in [-0.05, 0) is 36.8 Å². The number of fused-ring (bicyclic) bond motifs is 1. The van der Waals surface area contributed by atoms with Crippen LogP contribution in [0.25, 0.3) is 0 Å². The third kappa shape index (κ3) is 4.61. The molecular formula is C24H24N2O4S2. The molecule has 0 bridgehead atoms. The van der Waals surface area contributed by atoms with Crippen LogP contribution in [-0.4, -0.2) is 37.1 Å². The van der Waals surface area contributed by atoms with E-state index < -0.39 is 0 Å². The highest BCUT2D eigenvalue weighted by atomic mass is 32.2. The average Bonchev–Trinajstić information content (AvgIpc) is 3.22. The predicted octanol–water partition coefficient (Wildman–Crippen LogP) is 5.42. The first-order valence-electron chi connectivity index (χ1n) is 10.2. The Bertz CT molecular complexity index is 1110. The summed E-state index contributed by atoms with van der Waals surface area (Å²) < 4.78 is 11.6. The molecule has 0 unspecified atom stereocenters. The monoisotopic (exact) mass is 468 g/mol. The SMILES string of the molecule is CCOC(=O)c1sc(SCc2ccccc2)c2c1CN(c1ccc(OC)cc1)CC2=NO. The Morgan fingerprint density at radius 3 is 2.56 bits per heavy atom. The minimum absolute atomic E-state index is 0.307. The molecule has 0 aliphatic carbocycles. The smallest absolute Gasteiger partial charge is 0.348 e. The zero-order valence-corrected chi connectivity index (χ0v) is 19.5. The Balaban J connectivity index is 1.70. The molecule has 8 heteroatoms. The fourth-order valence-electron chi connectivity index (χ4n) is 3.64. The first-order chi connectivity index (χ1) is 15.6. The van der Waals surface area contributed by atoms with Gasteiger partial charge in [-0.3, -0.25) is 0 Å². The van der Waals surface area contributed by atoms with Crippen molar-refractivity contribution in [2.24, 2.45) is 5.16 Å². The second-order valence-corrected chi connectivity index (χ2v) is 9.43. The summed E-state index contributed by atoms with van der Waals surface area (Å²) in [7, 11) is 1.63. The maximum Gasteiger partial charge on any atom is 0.348 e. The number of thiophene rings is 1. The number of carbonyl (C=O) groups excluding carboxylic acids is 1. The number of carbonyl (C=O) groups is 1. The molecular weight excluding hydrogens is 444 g/mol. The van der Waals surface area contributed by atoms with Crippen LogP contribution in [0, 0.1) is 0 Å². The van der Waals surface area contributed by atoms with Gasteiger partial charge in [0.1, 0.15) is 16.3 Å². The number of methoxy groups -OCH3 is 1. The molecule has 2 heterocycles. The predicted molar refractivity (Wildman–Crippen MR) is 129 cm³/mol. The summed E-state index contributed by atoms with van der Waals surface area (Å²) in [6.45, 7) is 3.07. The third-order valence-corrected chi connectivity index (χ3v) is 7.74. The van der Waals surface area contributed by atoms with Gasteiger partial charge in [-0.1, -0.05) is 35.5 Å². The van der Waals surface area contributed by atoms with Gasteiger partial charge >= 0.3 is 5.97 Å². The number of oxime groups is 1. The quantitative estimate of drug-likeness (QED) is 0.216. The lowest BCUT2D eigenvalue weighted by atomic mass is 10.00. The van der Waals surface area contributed by atoms with Crippen LogP contribution in [0.15, 0.2) is 64.0 Å². The number of anilines is 1. The van der Waals surface area contributed by atoms with E-state index in [4.69, 9.17) is 9.47 Å². The molecule has 1 aromatic heterocycles. The van der Waals surface area contributed by atoms with Gasteiger partial charge in [-0.2, -0.15) is 0 Å². The van der Waals surface area contributed by atoms with Gasteiger partial charge in [0.15, 0.2) is 0 Å². The molecule has 0 radical (unpaired) electrons. The molecule has 32 heavy (non-hydrogen) atoms. The van der Waals surface area contributed by atoms with E-state index in [2.05, 4.69) is 22.2 Å². The summed E-state index contributed by atoms with van der Waals surface area (Å²) in [5.74, 6) is 1.19. The summed E-state index contributed by atoms with van der Waals surface area (Å²) in [4.78, 5) is 15.4. The number of nitrogens with zero attached hydrogens (tertiary/aromatic N) is 2. The number of thioether (sulfide) groups is 1. The maximum atomic E-state index is 12.8. The van der Waals surface area contributed by atoms with E-state index in [9.17, 15) is 10.0 Å². The zero-order chi connectivity index (χ0) is 22.5. The molecule has 0 saturated carbocycles. The molecule has 1 N–H and O–H groups in total. The molecule has 0 saturated heterocycles. The summed E-state index contributed by atoms with van der Waals surface area (Å²) in [6.07, 6.45) is 0. The van der Waals surface area contributed by atoms with Crippen molar-refractivity contribution >= 4 is 40.5 Å². The van der Waals surface area contributed by atoms with Gasteiger partial charge in [-0.25, -0.2) is 4.79 Å². The molecule has 1 aliphatic rings. The van der Waals surface area contributed by atoms with Crippen LogP contribution in [0.2, 0.25) is 0 Å². The number of rotatable bonds is 7. The van der Waals surface area contributed by atoms with E-state index in [0.717, 1.165) is 32.5 Å². The van der Waals surface area contributed by atoms with Gasteiger partial charge in [0.2, 0.25) is 0 Å². The first-order valence-corrected chi connectivity index (χ1v) is 12.0. The number of esters is 1.